The highest BCUT2D eigenvalue weighted by atomic mass is 35.5. The van der Waals surface area contributed by atoms with Crippen LogP contribution in [0.15, 0.2) is 42.5 Å². The Kier molecular flexibility index (Phi) is 6.21. The van der Waals surface area contributed by atoms with Crippen molar-refractivity contribution in [1.29, 1.82) is 0 Å². The smallest absolute Gasteiger partial charge is 0.138 e. The molecule has 3 aromatic rings. The molecule has 1 aliphatic rings. The fraction of sp³-hybridized carbons (Fsp3) is 0.385. The second kappa shape index (κ2) is 8.87. The van der Waals surface area contributed by atoms with E-state index in [1.165, 1.54) is 24.8 Å². The first-order valence-electron chi connectivity index (χ1n) is 10.8. The molecule has 30 heavy (non-hydrogen) atoms. The van der Waals surface area contributed by atoms with E-state index in [1.807, 2.05) is 18.2 Å². The van der Waals surface area contributed by atoms with Crippen LogP contribution in [0.5, 0.6) is 11.5 Å². The molecule has 1 heterocycles. The zero-order valence-corrected chi connectivity index (χ0v) is 18.8. The van der Waals surface area contributed by atoms with Gasteiger partial charge in [-0.15, -0.1) is 0 Å². The number of phenolic OH excluding ortho intramolecular Hbond substituents is 1. The summed E-state index contributed by atoms with van der Waals surface area (Å²) >= 11 is 6.79. The molecule has 0 amide bonds. The largest absolute Gasteiger partial charge is 0.507 e. The summed E-state index contributed by atoms with van der Waals surface area (Å²) in [6, 6.07) is 14.4. The molecule has 0 radical (unpaired) electrons. The van der Waals surface area contributed by atoms with E-state index < -0.39 is 0 Å². The van der Waals surface area contributed by atoms with Crippen LogP contribution in [0.25, 0.3) is 10.8 Å². The van der Waals surface area contributed by atoms with E-state index in [-0.39, 0.29) is 6.04 Å². The number of phenols is 1. The lowest BCUT2D eigenvalue weighted by Gasteiger charge is -2.34. The van der Waals surface area contributed by atoms with Gasteiger partial charge in [0, 0.05) is 22.4 Å². The molecule has 1 aliphatic heterocycles. The molecule has 0 aliphatic carbocycles. The molecule has 3 aromatic carbocycles. The zero-order valence-electron chi connectivity index (χ0n) is 18.0. The number of methoxy groups -OCH3 is 1. The SMILES string of the molecule is COc1ccc2c(O)c(C(C)N3CCCCC3)c(C)c(Cc3ccccc3)c2c1Cl. The molecular formula is C26H30ClNO2. The van der Waals surface area contributed by atoms with Crippen molar-refractivity contribution in [2.24, 2.45) is 0 Å². The Bertz CT molecular complexity index is 1040. The van der Waals surface area contributed by atoms with Crippen molar-refractivity contribution < 1.29 is 9.84 Å². The highest BCUT2D eigenvalue weighted by molar-refractivity contribution is 6.37. The number of likely N-dealkylation sites (tertiary alicyclic amines) is 1. The summed E-state index contributed by atoms with van der Waals surface area (Å²) in [5, 5.41) is 13.6. The monoisotopic (exact) mass is 423 g/mol. The quantitative estimate of drug-likeness (QED) is 0.498. The molecule has 1 fully saturated rings. The van der Waals surface area contributed by atoms with Crippen molar-refractivity contribution in [3.05, 3.63) is 69.7 Å². The van der Waals surface area contributed by atoms with Crippen molar-refractivity contribution in [1.82, 2.24) is 4.90 Å². The molecular weight excluding hydrogens is 394 g/mol. The minimum atomic E-state index is 0.158. The van der Waals surface area contributed by atoms with E-state index in [0.29, 0.717) is 16.5 Å². The second-order valence-electron chi connectivity index (χ2n) is 8.31. The topological polar surface area (TPSA) is 32.7 Å². The highest BCUT2D eigenvalue weighted by Crippen LogP contribution is 2.46. The first kappa shape index (κ1) is 21.0. The molecule has 0 aromatic heterocycles. The fourth-order valence-electron chi connectivity index (χ4n) is 4.90. The van der Waals surface area contributed by atoms with Crippen molar-refractivity contribution in [2.75, 3.05) is 20.2 Å². The van der Waals surface area contributed by atoms with Crippen LogP contribution in [0.4, 0.5) is 0 Å². The van der Waals surface area contributed by atoms with Gasteiger partial charge in [0.15, 0.2) is 0 Å². The molecule has 1 saturated heterocycles. The summed E-state index contributed by atoms with van der Waals surface area (Å²) in [6.45, 7) is 6.50. The lowest BCUT2D eigenvalue weighted by atomic mass is 9.86. The molecule has 4 rings (SSSR count). The average Bonchev–Trinajstić information content (AvgIpc) is 2.78. The van der Waals surface area contributed by atoms with Gasteiger partial charge in [-0.2, -0.15) is 0 Å². The molecule has 3 nitrogen and oxygen atoms in total. The van der Waals surface area contributed by atoms with E-state index in [2.05, 4.69) is 43.0 Å². The van der Waals surface area contributed by atoms with Crippen LogP contribution in [0.2, 0.25) is 5.02 Å². The van der Waals surface area contributed by atoms with Crippen LogP contribution in [-0.2, 0) is 6.42 Å². The Balaban J connectivity index is 1.95. The molecule has 1 unspecified atom stereocenters. The van der Waals surface area contributed by atoms with Gasteiger partial charge in [-0.1, -0.05) is 48.4 Å². The molecule has 4 heteroatoms. The lowest BCUT2D eigenvalue weighted by Crippen LogP contribution is -2.32. The molecule has 0 saturated carbocycles. The number of benzene rings is 3. The van der Waals surface area contributed by atoms with Gasteiger partial charge in [-0.25, -0.2) is 0 Å². The third-order valence-electron chi connectivity index (χ3n) is 6.58. The van der Waals surface area contributed by atoms with E-state index in [9.17, 15) is 5.11 Å². The number of ether oxygens (including phenoxy) is 1. The third kappa shape index (κ3) is 3.77. The minimum Gasteiger partial charge on any atom is -0.507 e. The molecule has 1 atom stereocenters. The first-order valence-corrected chi connectivity index (χ1v) is 11.2. The number of piperidine rings is 1. The summed E-state index contributed by atoms with van der Waals surface area (Å²) in [7, 11) is 1.63. The predicted octanol–water partition coefficient (Wildman–Crippen LogP) is 6.65. The number of nitrogens with zero attached hydrogens (tertiary/aromatic N) is 1. The van der Waals surface area contributed by atoms with Crippen LogP contribution < -0.4 is 4.74 Å². The predicted molar refractivity (Wildman–Crippen MR) is 125 cm³/mol. The summed E-state index contributed by atoms with van der Waals surface area (Å²) in [5.41, 5.74) is 4.54. The Hall–Kier alpha value is -2.23. The van der Waals surface area contributed by atoms with Gasteiger partial charge in [-0.05, 0) is 75.0 Å². The normalized spacial score (nSPS) is 16.0. The number of halogens is 1. The van der Waals surface area contributed by atoms with Crippen LogP contribution in [-0.4, -0.2) is 30.2 Å². The van der Waals surface area contributed by atoms with Gasteiger partial charge in [0.25, 0.3) is 0 Å². The summed E-state index contributed by atoms with van der Waals surface area (Å²) < 4.78 is 5.49. The maximum absolute atomic E-state index is 11.4. The van der Waals surface area contributed by atoms with Gasteiger partial charge < -0.3 is 9.84 Å². The number of hydrogen-bond donors (Lipinski definition) is 1. The molecule has 0 spiro atoms. The van der Waals surface area contributed by atoms with E-state index >= 15 is 0 Å². The van der Waals surface area contributed by atoms with Gasteiger partial charge in [0.05, 0.1) is 12.1 Å². The Morgan fingerprint density at radius 2 is 1.77 bits per heavy atom. The maximum atomic E-state index is 11.4. The maximum Gasteiger partial charge on any atom is 0.138 e. The van der Waals surface area contributed by atoms with Crippen molar-refractivity contribution in [2.45, 2.75) is 45.6 Å². The Labute approximate surface area is 184 Å². The third-order valence-corrected chi connectivity index (χ3v) is 6.95. The Morgan fingerprint density at radius 1 is 1.07 bits per heavy atom. The van der Waals surface area contributed by atoms with Crippen molar-refractivity contribution in [3.8, 4) is 11.5 Å². The molecule has 0 bridgehead atoms. The van der Waals surface area contributed by atoms with Crippen LogP contribution in [0.1, 0.15) is 54.5 Å². The summed E-state index contributed by atoms with van der Waals surface area (Å²) in [6.07, 6.45) is 4.49. The highest BCUT2D eigenvalue weighted by Gasteiger charge is 2.27. The summed E-state index contributed by atoms with van der Waals surface area (Å²) in [5.74, 6) is 0.982. The fourth-order valence-corrected chi connectivity index (χ4v) is 5.26. The first-order chi connectivity index (χ1) is 14.5. The van der Waals surface area contributed by atoms with E-state index in [0.717, 1.165) is 47.0 Å². The van der Waals surface area contributed by atoms with Gasteiger partial charge in [-0.3, -0.25) is 4.90 Å². The van der Waals surface area contributed by atoms with Gasteiger partial charge in [0.2, 0.25) is 0 Å². The lowest BCUT2D eigenvalue weighted by molar-refractivity contribution is 0.172. The number of fused-ring (bicyclic) bond motifs is 1. The van der Waals surface area contributed by atoms with E-state index in [1.54, 1.807) is 7.11 Å². The summed E-state index contributed by atoms with van der Waals surface area (Å²) in [4.78, 5) is 2.49. The van der Waals surface area contributed by atoms with Crippen molar-refractivity contribution >= 4 is 22.4 Å². The standard InChI is InChI=1S/C26H30ClNO2/c1-17-21(16-19-10-6-4-7-11-19)24-20(12-13-22(30-3)25(24)27)26(29)23(17)18(2)28-14-8-5-9-15-28/h4,6-7,10-13,18,29H,5,8-9,14-16H2,1-3H3. The average molecular weight is 424 g/mol. The molecule has 1 N–H and O–H groups in total. The van der Waals surface area contributed by atoms with Crippen LogP contribution in [0.3, 0.4) is 0 Å². The van der Waals surface area contributed by atoms with Gasteiger partial charge >= 0.3 is 0 Å². The minimum absolute atomic E-state index is 0.158. The zero-order chi connectivity index (χ0) is 21.3. The second-order valence-corrected chi connectivity index (χ2v) is 8.68. The number of aromatic hydroxyl groups is 1. The Morgan fingerprint density at radius 3 is 2.43 bits per heavy atom. The van der Waals surface area contributed by atoms with E-state index in [4.69, 9.17) is 16.3 Å². The molecule has 158 valence electrons. The van der Waals surface area contributed by atoms with Crippen molar-refractivity contribution in [3.63, 3.8) is 0 Å². The number of rotatable bonds is 5. The van der Waals surface area contributed by atoms with Crippen LogP contribution in [0, 0.1) is 6.92 Å². The van der Waals surface area contributed by atoms with Crippen LogP contribution >= 0.6 is 11.6 Å². The van der Waals surface area contributed by atoms with Gasteiger partial charge in [0.1, 0.15) is 11.5 Å². The number of hydrogen-bond acceptors (Lipinski definition) is 3.